The lowest BCUT2D eigenvalue weighted by atomic mass is 9.94. The van der Waals surface area contributed by atoms with Gasteiger partial charge in [0.05, 0.1) is 13.5 Å². The number of nitrogens with one attached hydrogen (secondary N) is 1. The molecule has 0 heterocycles. The highest BCUT2D eigenvalue weighted by Crippen LogP contribution is 2.21. The maximum absolute atomic E-state index is 14.7. The topological polar surface area (TPSA) is 58.6 Å². The molecule has 0 saturated heterocycles. The van der Waals surface area contributed by atoms with Gasteiger partial charge in [-0.1, -0.05) is 79.9 Å². The van der Waals surface area contributed by atoms with Gasteiger partial charge in [0.15, 0.2) is 0 Å². The molecular formula is C31H35FN2O3. The van der Waals surface area contributed by atoms with E-state index in [1.807, 2.05) is 42.5 Å². The van der Waals surface area contributed by atoms with Gasteiger partial charge in [-0.15, -0.1) is 0 Å². The summed E-state index contributed by atoms with van der Waals surface area (Å²) in [5.41, 5.74) is 2.13. The van der Waals surface area contributed by atoms with Crippen molar-refractivity contribution in [3.63, 3.8) is 0 Å². The van der Waals surface area contributed by atoms with Gasteiger partial charge in [-0.05, 0) is 42.2 Å². The number of rotatable bonds is 10. The average molecular weight is 503 g/mol. The predicted octanol–water partition coefficient (Wildman–Crippen LogP) is 5.47. The van der Waals surface area contributed by atoms with Crippen LogP contribution in [0.2, 0.25) is 0 Å². The number of hydrogen-bond donors (Lipinski definition) is 1. The van der Waals surface area contributed by atoms with E-state index in [9.17, 15) is 14.0 Å². The average Bonchev–Trinajstić information content (AvgIpc) is 2.93. The van der Waals surface area contributed by atoms with E-state index >= 15 is 0 Å². The minimum absolute atomic E-state index is 0.0112. The van der Waals surface area contributed by atoms with E-state index in [4.69, 9.17) is 4.74 Å². The fraction of sp³-hybridized carbons (Fsp3) is 0.355. The third-order valence-electron chi connectivity index (χ3n) is 7.04. The number of hydrogen-bond acceptors (Lipinski definition) is 3. The van der Waals surface area contributed by atoms with Crippen molar-refractivity contribution < 1.29 is 18.7 Å². The number of methoxy groups -OCH3 is 1. The summed E-state index contributed by atoms with van der Waals surface area (Å²) in [6.07, 6.45) is 5.68. The van der Waals surface area contributed by atoms with Crippen molar-refractivity contribution in [2.24, 2.45) is 0 Å². The molecule has 6 heteroatoms. The fourth-order valence-corrected chi connectivity index (χ4v) is 4.93. The van der Waals surface area contributed by atoms with Crippen LogP contribution in [0.15, 0.2) is 78.9 Å². The van der Waals surface area contributed by atoms with Gasteiger partial charge < -0.3 is 15.0 Å². The second kappa shape index (κ2) is 13.0. The summed E-state index contributed by atoms with van der Waals surface area (Å²) in [6.45, 7) is 0.0112. The Balaban J connectivity index is 1.65. The molecule has 4 rings (SSSR count). The van der Waals surface area contributed by atoms with E-state index in [0.717, 1.165) is 36.8 Å². The van der Waals surface area contributed by atoms with Crippen molar-refractivity contribution in [2.75, 3.05) is 7.11 Å². The van der Waals surface area contributed by atoms with Crippen molar-refractivity contribution in [1.29, 1.82) is 0 Å². The van der Waals surface area contributed by atoms with Gasteiger partial charge in [0.2, 0.25) is 11.8 Å². The molecule has 0 unspecified atom stereocenters. The molecule has 0 aliphatic heterocycles. The molecule has 1 aliphatic carbocycles. The van der Waals surface area contributed by atoms with E-state index in [-0.39, 0.29) is 30.8 Å². The molecule has 37 heavy (non-hydrogen) atoms. The Bertz CT molecular complexity index is 1160. The van der Waals surface area contributed by atoms with Crippen LogP contribution in [-0.2, 0) is 29.0 Å². The molecule has 5 nitrogen and oxygen atoms in total. The van der Waals surface area contributed by atoms with Gasteiger partial charge >= 0.3 is 0 Å². The van der Waals surface area contributed by atoms with Gasteiger partial charge in [-0.25, -0.2) is 4.39 Å². The van der Waals surface area contributed by atoms with E-state index in [1.165, 1.54) is 12.5 Å². The largest absolute Gasteiger partial charge is 0.497 e. The van der Waals surface area contributed by atoms with Crippen LogP contribution >= 0.6 is 0 Å². The molecule has 194 valence electrons. The lowest BCUT2D eigenvalue weighted by molar-refractivity contribution is -0.141. The van der Waals surface area contributed by atoms with Crippen LogP contribution in [0.25, 0.3) is 0 Å². The maximum Gasteiger partial charge on any atom is 0.243 e. The molecule has 0 spiro atoms. The van der Waals surface area contributed by atoms with E-state index in [2.05, 4.69) is 5.32 Å². The highest BCUT2D eigenvalue weighted by molar-refractivity contribution is 5.89. The molecule has 1 fully saturated rings. The monoisotopic (exact) mass is 502 g/mol. The molecule has 0 bridgehead atoms. The zero-order valence-corrected chi connectivity index (χ0v) is 21.4. The first kappa shape index (κ1) is 26.4. The van der Waals surface area contributed by atoms with Gasteiger partial charge in [0.25, 0.3) is 0 Å². The summed E-state index contributed by atoms with van der Waals surface area (Å²) in [5, 5.41) is 3.21. The standard InChI is InChI=1S/C31H35FN2O3/c1-37-27-18-16-24(17-19-27)21-30(35)34(22-25-12-8-9-15-28(25)32)29(20-23-10-4-2-5-11-23)31(36)33-26-13-6-3-7-14-26/h2,4-5,8-12,15-19,26,29H,3,6-7,13-14,20-22H2,1H3,(H,33,36)/t29-/m0/s1. The second-order valence-electron chi connectivity index (χ2n) is 9.69. The van der Waals surface area contributed by atoms with Crippen LogP contribution in [0.1, 0.15) is 48.8 Å². The van der Waals surface area contributed by atoms with Gasteiger partial charge in [-0.2, -0.15) is 0 Å². The van der Waals surface area contributed by atoms with Crippen molar-refractivity contribution >= 4 is 11.8 Å². The van der Waals surface area contributed by atoms with Crippen molar-refractivity contribution in [2.45, 2.75) is 63.6 Å². The van der Waals surface area contributed by atoms with Crippen LogP contribution in [0.5, 0.6) is 5.75 Å². The van der Waals surface area contributed by atoms with E-state index in [0.29, 0.717) is 17.7 Å². The lowest BCUT2D eigenvalue weighted by Gasteiger charge is -2.33. The minimum atomic E-state index is -0.769. The van der Waals surface area contributed by atoms with E-state index in [1.54, 1.807) is 42.3 Å². The van der Waals surface area contributed by atoms with E-state index < -0.39 is 11.9 Å². The molecule has 1 atom stereocenters. The number of nitrogens with zero attached hydrogens (tertiary/aromatic N) is 1. The first-order valence-corrected chi connectivity index (χ1v) is 13.0. The Morgan fingerprint density at radius 1 is 0.919 bits per heavy atom. The molecule has 0 aromatic heterocycles. The number of halogens is 1. The zero-order valence-electron chi connectivity index (χ0n) is 21.4. The number of carbonyl (C=O) groups is 2. The fourth-order valence-electron chi connectivity index (χ4n) is 4.93. The normalized spacial score (nSPS) is 14.5. The molecule has 0 radical (unpaired) electrons. The Morgan fingerprint density at radius 3 is 2.27 bits per heavy atom. The summed E-state index contributed by atoms with van der Waals surface area (Å²) in [7, 11) is 1.59. The first-order valence-electron chi connectivity index (χ1n) is 13.0. The number of carbonyl (C=O) groups excluding carboxylic acids is 2. The van der Waals surface area contributed by atoms with Gasteiger partial charge in [-0.3, -0.25) is 9.59 Å². The highest BCUT2D eigenvalue weighted by atomic mass is 19.1. The molecule has 3 aromatic carbocycles. The highest BCUT2D eigenvalue weighted by Gasteiger charge is 2.32. The lowest BCUT2D eigenvalue weighted by Crippen LogP contribution is -2.53. The first-order chi connectivity index (χ1) is 18.0. The smallest absolute Gasteiger partial charge is 0.243 e. The molecule has 1 N–H and O–H groups in total. The van der Waals surface area contributed by atoms with Crippen LogP contribution in [0.3, 0.4) is 0 Å². The van der Waals surface area contributed by atoms with Crippen LogP contribution in [-0.4, -0.2) is 35.9 Å². The van der Waals surface area contributed by atoms with Crippen LogP contribution in [0.4, 0.5) is 4.39 Å². The molecule has 3 aromatic rings. The summed E-state index contributed by atoms with van der Waals surface area (Å²) in [5.74, 6) is -0.104. The summed E-state index contributed by atoms with van der Waals surface area (Å²) in [4.78, 5) is 29.1. The maximum atomic E-state index is 14.7. The summed E-state index contributed by atoms with van der Waals surface area (Å²) < 4.78 is 20.0. The Labute approximate surface area is 218 Å². The third kappa shape index (κ3) is 7.42. The van der Waals surface area contributed by atoms with Gasteiger partial charge in [0.1, 0.15) is 17.6 Å². The van der Waals surface area contributed by atoms with Crippen LogP contribution in [0, 0.1) is 5.82 Å². The predicted molar refractivity (Wildman–Crippen MR) is 143 cm³/mol. The Kier molecular flexibility index (Phi) is 9.30. The minimum Gasteiger partial charge on any atom is -0.497 e. The number of ether oxygens (including phenoxy) is 1. The number of amides is 2. The molecular weight excluding hydrogens is 467 g/mol. The second-order valence-corrected chi connectivity index (χ2v) is 9.69. The van der Waals surface area contributed by atoms with Crippen molar-refractivity contribution in [1.82, 2.24) is 10.2 Å². The Hall–Kier alpha value is -3.67. The van der Waals surface area contributed by atoms with Crippen molar-refractivity contribution in [3.8, 4) is 5.75 Å². The molecule has 1 aliphatic rings. The van der Waals surface area contributed by atoms with Crippen molar-refractivity contribution in [3.05, 3.63) is 101 Å². The Morgan fingerprint density at radius 2 is 1.59 bits per heavy atom. The molecule has 2 amide bonds. The number of benzene rings is 3. The quantitative estimate of drug-likeness (QED) is 0.400. The summed E-state index contributed by atoms with van der Waals surface area (Å²) >= 11 is 0. The third-order valence-corrected chi connectivity index (χ3v) is 7.04. The summed E-state index contributed by atoms with van der Waals surface area (Å²) in [6, 6.07) is 22.7. The molecule has 1 saturated carbocycles. The zero-order chi connectivity index (χ0) is 26.0. The SMILES string of the molecule is COc1ccc(CC(=O)N(Cc2ccccc2F)[C@@H](Cc2ccccc2)C(=O)NC2CCCCC2)cc1. The van der Waals surface area contributed by atoms with Gasteiger partial charge in [0, 0.05) is 24.6 Å². The van der Waals surface area contributed by atoms with Crippen LogP contribution < -0.4 is 10.1 Å².